The highest BCUT2D eigenvalue weighted by molar-refractivity contribution is 6.79. The molecule has 0 aromatic carbocycles. The number of aliphatic hydroxyl groups is 1. The van der Waals surface area contributed by atoms with E-state index in [1.165, 1.54) is 0 Å². The van der Waals surface area contributed by atoms with Gasteiger partial charge in [0.2, 0.25) is 0 Å². The molecule has 0 aliphatic carbocycles. The molecule has 61 valence electrons. The van der Waals surface area contributed by atoms with Crippen LogP contribution in [0.4, 0.5) is 0 Å². The van der Waals surface area contributed by atoms with E-state index in [1.807, 2.05) is 13.8 Å². The van der Waals surface area contributed by atoms with Gasteiger partial charge in [0.1, 0.15) is 0 Å². The minimum absolute atomic E-state index is 0.263. The lowest BCUT2D eigenvalue weighted by Gasteiger charge is -2.38. The number of hydrogen-bond acceptors (Lipinski definition) is 1. The zero-order chi connectivity index (χ0) is 8.58. The van der Waals surface area contributed by atoms with Crippen LogP contribution in [0, 0.1) is 12.8 Å². The zero-order valence-electron chi connectivity index (χ0n) is 7.73. The van der Waals surface area contributed by atoms with Crippen LogP contribution in [0.25, 0.3) is 0 Å². The molecule has 0 amide bonds. The van der Waals surface area contributed by atoms with Crippen LogP contribution in [0.5, 0.6) is 0 Å². The highest BCUT2D eigenvalue weighted by Crippen LogP contribution is 2.26. The summed E-state index contributed by atoms with van der Waals surface area (Å²) in [5.74, 6) is 0.263. The molecular formula is C8H19OSi. The molecule has 1 N–H and O–H groups in total. The van der Waals surface area contributed by atoms with E-state index in [1.54, 1.807) is 0 Å². The maximum absolute atomic E-state index is 9.88. The van der Waals surface area contributed by atoms with Gasteiger partial charge in [0.25, 0.3) is 0 Å². The molecule has 1 atom stereocenters. The van der Waals surface area contributed by atoms with E-state index in [0.717, 1.165) is 0 Å². The van der Waals surface area contributed by atoms with E-state index in [-0.39, 0.29) is 5.92 Å². The van der Waals surface area contributed by atoms with Crippen molar-refractivity contribution in [1.29, 1.82) is 0 Å². The van der Waals surface area contributed by atoms with Gasteiger partial charge >= 0.3 is 0 Å². The third kappa shape index (κ3) is 1.83. The van der Waals surface area contributed by atoms with Gasteiger partial charge in [0, 0.05) is 0 Å². The second-order valence-electron chi connectivity index (χ2n) is 4.33. The molecule has 1 nitrogen and oxygen atoms in total. The van der Waals surface area contributed by atoms with Crippen molar-refractivity contribution in [3.63, 3.8) is 0 Å². The molecule has 0 rings (SSSR count). The summed E-state index contributed by atoms with van der Waals surface area (Å²) in [5.41, 5.74) is 0. The first kappa shape index (κ1) is 10.2. The van der Waals surface area contributed by atoms with Crippen LogP contribution in [0.2, 0.25) is 19.6 Å². The molecule has 0 aromatic heterocycles. The van der Waals surface area contributed by atoms with Gasteiger partial charge in [0.15, 0.2) is 0 Å². The Kier molecular flexibility index (Phi) is 2.71. The summed E-state index contributed by atoms with van der Waals surface area (Å²) in [4.78, 5) is 0. The summed E-state index contributed by atoms with van der Waals surface area (Å²) in [6.07, 6.45) is 0. The summed E-state index contributed by atoms with van der Waals surface area (Å²) in [6.45, 7) is 14.3. The van der Waals surface area contributed by atoms with E-state index in [9.17, 15) is 5.11 Å². The Hall–Kier alpha value is 0.177. The number of rotatable bonds is 2. The van der Waals surface area contributed by atoms with Crippen molar-refractivity contribution in [1.82, 2.24) is 0 Å². The largest absolute Gasteiger partial charge is 0.393 e. The van der Waals surface area contributed by atoms with E-state index in [2.05, 4.69) is 26.6 Å². The van der Waals surface area contributed by atoms with Crippen molar-refractivity contribution < 1.29 is 5.11 Å². The topological polar surface area (TPSA) is 20.2 Å². The summed E-state index contributed by atoms with van der Waals surface area (Å²) < 4.78 is 0. The van der Waals surface area contributed by atoms with Crippen LogP contribution in [0.1, 0.15) is 13.8 Å². The molecule has 0 aliphatic rings. The SMILES string of the molecule is [CH2]C(O)(C(C)C)[Si](C)(C)C. The average Bonchev–Trinajstić information content (AvgIpc) is 1.62. The van der Waals surface area contributed by atoms with Crippen molar-refractivity contribution in [2.24, 2.45) is 5.92 Å². The molecule has 0 aromatic rings. The third-order valence-corrected chi connectivity index (χ3v) is 5.43. The predicted molar refractivity (Wildman–Crippen MR) is 48.5 cm³/mol. The van der Waals surface area contributed by atoms with Crippen LogP contribution < -0.4 is 0 Å². The average molecular weight is 159 g/mol. The maximum atomic E-state index is 9.88. The van der Waals surface area contributed by atoms with Gasteiger partial charge in [-0.1, -0.05) is 33.5 Å². The fraction of sp³-hybridized carbons (Fsp3) is 0.875. The van der Waals surface area contributed by atoms with Gasteiger partial charge in [-0.3, -0.25) is 0 Å². The van der Waals surface area contributed by atoms with Crippen LogP contribution in [0.3, 0.4) is 0 Å². The summed E-state index contributed by atoms with van der Waals surface area (Å²) in [7, 11) is -1.50. The minimum atomic E-state index is -1.50. The number of hydrogen-bond donors (Lipinski definition) is 1. The Labute approximate surface area is 65.5 Å². The van der Waals surface area contributed by atoms with E-state index in [0.29, 0.717) is 0 Å². The lowest BCUT2D eigenvalue weighted by molar-refractivity contribution is 0.112. The van der Waals surface area contributed by atoms with E-state index < -0.39 is 13.3 Å². The second-order valence-corrected chi connectivity index (χ2v) is 9.69. The van der Waals surface area contributed by atoms with Gasteiger partial charge in [-0.25, -0.2) is 0 Å². The fourth-order valence-electron chi connectivity index (χ4n) is 0.866. The monoisotopic (exact) mass is 159 g/mol. The molecule has 0 saturated heterocycles. The molecule has 10 heavy (non-hydrogen) atoms. The molecule has 1 unspecified atom stereocenters. The van der Waals surface area contributed by atoms with Crippen molar-refractivity contribution in [2.45, 2.75) is 38.7 Å². The predicted octanol–water partition coefficient (Wildman–Crippen LogP) is 2.08. The molecule has 0 aliphatic heterocycles. The Balaban J connectivity index is 4.40. The molecule has 0 spiro atoms. The van der Waals surface area contributed by atoms with Crippen LogP contribution in [-0.4, -0.2) is 18.4 Å². The zero-order valence-corrected chi connectivity index (χ0v) is 8.73. The van der Waals surface area contributed by atoms with E-state index in [4.69, 9.17) is 0 Å². The molecule has 2 heteroatoms. The Morgan fingerprint density at radius 1 is 1.30 bits per heavy atom. The van der Waals surface area contributed by atoms with Crippen molar-refractivity contribution in [3.05, 3.63) is 6.92 Å². The normalized spacial score (nSPS) is 19.2. The third-order valence-electron chi connectivity index (χ3n) is 2.25. The molecule has 0 saturated carbocycles. The van der Waals surface area contributed by atoms with Gasteiger partial charge in [-0.05, 0) is 12.8 Å². The highest BCUT2D eigenvalue weighted by atomic mass is 28.3. The Morgan fingerprint density at radius 2 is 1.60 bits per heavy atom. The quantitative estimate of drug-likeness (QED) is 0.612. The van der Waals surface area contributed by atoms with Gasteiger partial charge < -0.3 is 5.11 Å². The highest BCUT2D eigenvalue weighted by Gasteiger charge is 2.39. The van der Waals surface area contributed by atoms with E-state index >= 15 is 0 Å². The van der Waals surface area contributed by atoms with Crippen LogP contribution in [-0.2, 0) is 0 Å². The second kappa shape index (κ2) is 2.66. The summed E-state index contributed by atoms with van der Waals surface area (Å²) in [5, 5.41) is 9.21. The van der Waals surface area contributed by atoms with Gasteiger partial charge in [-0.15, -0.1) is 0 Å². The van der Waals surface area contributed by atoms with Crippen molar-refractivity contribution in [3.8, 4) is 0 Å². The molecule has 0 bridgehead atoms. The lowest BCUT2D eigenvalue weighted by atomic mass is 10.1. The Morgan fingerprint density at radius 3 is 1.60 bits per heavy atom. The fourth-order valence-corrected chi connectivity index (χ4v) is 2.60. The lowest BCUT2D eigenvalue weighted by Crippen LogP contribution is -2.53. The minimum Gasteiger partial charge on any atom is -0.393 e. The summed E-state index contributed by atoms with van der Waals surface area (Å²) >= 11 is 0. The summed E-state index contributed by atoms with van der Waals surface area (Å²) in [6, 6.07) is 0. The molecular weight excluding hydrogens is 140 g/mol. The maximum Gasteiger partial charge on any atom is 0.0824 e. The standard InChI is InChI=1S/C8H19OSi/c1-7(2)8(3,9)10(4,5)6/h7,9H,3H2,1-2,4-6H3. The van der Waals surface area contributed by atoms with Crippen LogP contribution in [0.15, 0.2) is 0 Å². The molecule has 1 radical (unpaired) electrons. The first-order chi connectivity index (χ1) is 4.19. The van der Waals surface area contributed by atoms with Crippen molar-refractivity contribution in [2.75, 3.05) is 0 Å². The first-order valence-electron chi connectivity index (χ1n) is 3.77. The smallest absolute Gasteiger partial charge is 0.0824 e. The molecule has 0 heterocycles. The first-order valence-corrected chi connectivity index (χ1v) is 7.27. The van der Waals surface area contributed by atoms with Gasteiger partial charge in [-0.2, -0.15) is 0 Å². The molecule has 0 fully saturated rings. The van der Waals surface area contributed by atoms with Gasteiger partial charge in [0.05, 0.1) is 13.3 Å². The van der Waals surface area contributed by atoms with Crippen LogP contribution >= 0.6 is 0 Å². The Bertz CT molecular complexity index is 111. The van der Waals surface area contributed by atoms with Crippen molar-refractivity contribution >= 4 is 8.07 Å².